The molecule has 1 aliphatic rings. The summed E-state index contributed by atoms with van der Waals surface area (Å²) >= 11 is 0. The third-order valence-corrected chi connectivity index (χ3v) is 5.85. The molecule has 1 rings (SSSR count). The highest BCUT2D eigenvalue weighted by molar-refractivity contribution is 5.84. The fourth-order valence-corrected chi connectivity index (χ4v) is 4.08. The van der Waals surface area contributed by atoms with Crippen LogP contribution in [-0.4, -0.2) is 36.8 Å². The van der Waals surface area contributed by atoms with Gasteiger partial charge in [-0.25, -0.2) is 0 Å². The van der Waals surface area contributed by atoms with Crippen LogP contribution in [0.2, 0.25) is 0 Å². The standard InChI is InChI=1S/C27H42O9/c1-7-13-22(31-10-4)34-25(28)19-16-17-20(26(29)35-23(14-8-2)32-11-5)21(18-19)27(30)36-24(15-9-3)33-12-6/h10-12,19-24H,4-9,13-18H2,1-3H3. The molecule has 36 heavy (non-hydrogen) atoms. The molecule has 0 aromatic heterocycles. The van der Waals surface area contributed by atoms with Gasteiger partial charge in [-0.3, -0.25) is 14.4 Å². The summed E-state index contributed by atoms with van der Waals surface area (Å²) in [5.74, 6) is -4.06. The van der Waals surface area contributed by atoms with Crippen LogP contribution in [0, 0.1) is 17.8 Å². The molecule has 1 saturated carbocycles. The first kappa shape index (κ1) is 31.1. The molecule has 9 heteroatoms. The van der Waals surface area contributed by atoms with Crippen LogP contribution < -0.4 is 0 Å². The van der Waals surface area contributed by atoms with Crippen molar-refractivity contribution < 1.29 is 42.8 Å². The SMILES string of the molecule is C=COC(CCC)OC(=O)C1CCC(C(=O)OC(CCC)OC=C)C(C(=O)OC(CCC)OC=C)C1. The summed E-state index contributed by atoms with van der Waals surface area (Å²) in [5, 5.41) is 0. The molecule has 0 N–H and O–H groups in total. The van der Waals surface area contributed by atoms with E-state index in [1.165, 1.54) is 18.8 Å². The van der Waals surface area contributed by atoms with E-state index in [1.54, 1.807) is 0 Å². The van der Waals surface area contributed by atoms with Crippen LogP contribution >= 0.6 is 0 Å². The Morgan fingerprint density at radius 3 is 1.44 bits per heavy atom. The largest absolute Gasteiger partial charge is 0.463 e. The summed E-state index contributed by atoms with van der Waals surface area (Å²) in [7, 11) is 0. The van der Waals surface area contributed by atoms with Crippen molar-refractivity contribution in [1.82, 2.24) is 0 Å². The average Bonchev–Trinajstić information content (AvgIpc) is 2.84. The molecule has 1 fully saturated rings. The number of carbonyl (C=O) groups excluding carboxylic acids is 3. The monoisotopic (exact) mass is 510 g/mol. The Morgan fingerprint density at radius 2 is 1.06 bits per heavy atom. The van der Waals surface area contributed by atoms with Crippen molar-refractivity contribution >= 4 is 17.9 Å². The summed E-state index contributed by atoms with van der Waals surface area (Å²) in [6, 6.07) is 0. The van der Waals surface area contributed by atoms with Crippen molar-refractivity contribution in [3.63, 3.8) is 0 Å². The van der Waals surface area contributed by atoms with Gasteiger partial charge in [0.2, 0.25) is 18.9 Å². The average molecular weight is 511 g/mol. The second-order valence-electron chi connectivity index (χ2n) is 8.60. The lowest BCUT2D eigenvalue weighted by molar-refractivity contribution is -0.193. The Morgan fingerprint density at radius 1 is 0.667 bits per heavy atom. The number of carbonyl (C=O) groups is 3. The van der Waals surface area contributed by atoms with Crippen molar-refractivity contribution in [2.75, 3.05) is 0 Å². The Hall–Kier alpha value is -2.97. The fraction of sp³-hybridized carbons (Fsp3) is 0.667. The molecule has 0 spiro atoms. The molecule has 6 atom stereocenters. The predicted molar refractivity (Wildman–Crippen MR) is 133 cm³/mol. The van der Waals surface area contributed by atoms with E-state index in [9.17, 15) is 14.4 Å². The highest BCUT2D eigenvalue weighted by Crippen LogP contribution is 2.37. The lowest BCUT2D eigenvalue weighted by atomic mass is 9.74. The van der Waals surface area contributed by atoms with Gasteiger partial charge in [0.1, 0.15) is 0 Å². The summed E-state index contributed by atoms with van der Waals surface area (Å²) in [5.41, 5.74) is 0. The first-order valence-corrected chi connectivity index (χ1v) is 12.7. The van der Waals surface area contributed by atoms with Gasteiger partial charge in [-0.1, -0.05) is 40.5 Å². The van der Waals surface area contributed by atoms with E-state index in [1.807, 2.05) is 20.8 Å². The molecule has 1 aliphatic carbocycles. The molecular weight excluding hydrogens is 468 g/mol. The zero-order chi connectivity index (χ0) is 26.9. The molecule has 0 amide bonds. The third kappa shape index (κ3) is 10.3. The molecular formula is C27H42O9. The molecule has 0 aromatic rings. The van der Waals surface area contributed by atoms with Crippen LogP contribution in [0.5, 0.6) is 0 Å². The van der Waals surface area contributed by atoms with E-state index in [2.05, 4.69) is 19.7 Å². The smallest absolute Gasteiger partial charge is 0.312 e. The van der Waals surface area contributed by atoms with Gasteiger partial charge in [0.05, 0.1) is 36.5 Å². The van der Waals surface area contributed by atoms with E-state index < -0.39 is 54.5 Å². The Kier molecular flexibility index (Phi) is 15.1. The van der Waals surface area contributed by atoms with Gasteiger partial charge < -0.3 is 28.4 Å². The first-order chi connectivity index (χ1) is 17.3. The zero-order valence-corrected chi connectivity index (χ0v) is 21.9. The highest BCUT2D eigenvalue weighted by Gasteiger charge is 2.45. The van der Waals surface area contributed by atoms with Gasteiger partial charge in [-0.05, 0) is 38.5 Å². The molecule has 0 aromatic carbocycles. The van der Waals surface area contributed by atoms with Gasteiger partial charge in [0, 0.05) is 19.3 Å². The maximum Gasteiger partial charge on any atom is 0.312 e. The van der Waals surface area contributed by atoms with Gasteiger partial charge in [-0.15, -0.1) is 0 Å². The van der Waals surface area contributed by atoms with Gasteiger partial charge in [0.25, 0.3) is 0 Å². The Balaban J connectivity index is 3.07. The van der Waals surface area contributed by atoms with Crippen LogP contribution in [0.4, 0.5) is 0 Å². The lowest BCUT2D eigenvalue weighted by Crippen LogP contribution is -2.42. The van der Waals surface area contributed by atoms with Crippen molar-refractivity contribution in [2.45, 2.75) is 97.4 Å². The summed E-state index contributed by atoms with van der Waals surface area (Å²) in [6.07, 6.45) is 5.51. The van der Waals surface area contributed by atoms with Crippen LogP contribution in [0.3, 0.4) is 0 Å². The second kappa shape index (κ2) is 17.5. The molecule has 0 bridgehead atoms. The third-order valence-electron chi connectivity index (χ3n) is 5.85. The van der Waals surface area contributed by atoms with E-state index in [4.69, 9.17) is 28.4 Å². The van der Waals surface area contributed by atoms with Gasteiger partial charge in [-0.2, -0.15) is 0 Å². The minimum atomic E-state index is -0.924. The number of rotatable bonds is 18. The van der Waals surface area contributed by atoms with Crippen LogP contribution in [0.25, 0.3) is 0 Å². The molecule has 0 heterocycles. The maximum atomic E-state index is 13.2. The van der Waals surface area contributed by atoms with Crippen molar-refractivity contribution in [3.05, 3.63) is 38.5 Å². The first-order valence-electron chi connectivity index (χ1n) is 12.7. The van der Waals surface area contributed by atoms with Crippen LogP contribution in [0.15, 0.2) is 38.5 Å². The van der Waals surface area contributed by atoms with E-state index in [0.29, 0.717) is 32.1 Å². The molecule has 0 aliphatic heterocycles. The zero-order valence-electron chi connectivity index (χ0n) is 21.9. The van der Waals surface area contributed by atoms with Gasteiger partial charge in [0.15, 0.2) is 0 Å². The van der Waals surface area contributed by atoms with E-state index >= 15 is 0 Å². The Bertz CT molecular complexity index is 720. The van der Waals surface area contributed by atoms with Gasteiger partial charge >= 0.3 is 17.9 Å². The second-order valence-corrected chi connectivity index (χ2v) is 8.60. The van der Waals surface area contributed by atoms with Crippen molar-refractivity contribution in [1.29, 1.82) is 0 Å². The van der Waals surface area contributed by atoms with Crippen LogP contribution in [-0.2, 0) is 42.8 Å². The Labute approximate surface area is 214 Å². The minimum absolute atomic E-state index is 0.0675. The van der Waals surface area contributed by atoms with Crippen LogP contribution in [0.1, 0.15) is 78.6 Å². The molecule has 9 nitrogen and oxygen atoms in total. The molecule has 6 unspecified atom stereocenters. The number of hydrogen-bond acceptors (Lipinski definition) is 9. The molecule has 0 radical (unpaired) electrons. The summed E-state index contributed by atoms with van der Waals surface area (Å²) in [6.45, 7) is 16.3. The maximum absolute atomic E-state index is 13.2. The quantitative estimate of drug-likeness (QED) is 0.102. The number of esters is 3. The molecule has 204 valence electrons. The lowest BCUT2D eigenvalue weighted by Gasteiger charge is -2.34. The van der Waals surface area contributed by atoms with E-state index in [-0.39, 0.29) is 12.8 Å². The van der Waals surface area contributed by atoms with E-state index in [0.717, 1.165) is 12.8 Å². The normalized spacial score (nSPS) is 21.6. The summed E-state index contributed by atoms with van der Waals surface area (Å²) < 4.78 is 32.5. The highest BCUT2D eigenvalue weighted by atomic mass is 16.7. The topological polar surface area (TPSA) is 107 Å². The summed E-state index contributed by atoms with van der Waals surface area (Å²) in [4.78, 5) is 39.2. The predicted octanol–water partition coefficient (Wildman–Crippen LogP) is 5.51. The van der Waals surface area contributed by atoms with Crippen molar-refractivity contribution in [3.8, 4) is 0 Å². The molecule has 0 saturated heterocycles. The minimum Gasteiger partial charge on any atom is -0.463 e. The number of hydrogen-bond donors (Lipinski definition) is 0. The fourth-order valence-electron chi connectivity index (χ4n) is 4.08. The van der Waals surface area contributed by atoms with Crippen molar-refractivity contribution in [2.24, 2.45) is 17.8 Å². The number of ether oxygens (including phenoxy) is 6.